The van der Waals surface area contributed by atoms with Crippen molar-refractivity contribution in [2.24, 2.45) is 0 Å². The van der Waals surface area contributed by atoms with E-state index in [1.54, 1.807) is 0 Å². The first-order valence-electron chi connectivity index (χ1n) is 6.74. The summed E-state index contributed by atoms with van der Waals surface area (Å²) in [6.45, 7) is 6.88. The maximum Gasteiger partial charge on any atom is 0.260 e. The second-order valence-electron chi connectivity index (χ2n) is 5.30. The zero-order valence-electron chi connectivity index (χ0n) is 11.9. The van der Waals surface area contributed by atoms with Crippen LogP contribution in [0.4, 0.5) is 0 Å². The zero-order valence-corrected chi connectivity index (χ0v) is 11.9. The number of nitrogens with zero attached hydrogens (tertiary/aromatic N) is 2. The molecule has 19 heavy (non-hydrogen) atoms. The molecule has 1 aromatic carbocycles. The summed E-state index contributed by atoms with van der Waals surface area (Å²) in [5.74, 6) is 0.821. The van der Waals surface area contributed by atoms with Gasteiger partial charge in [-0.2, -0.15) is 0 Å². The van der Waals surface area contributed by atoms with Gasteiger partial charge >= 0.3 is 0 Å². The Hall–Kier alpha value is -1.55. The van der Waals surface area contributed by atoms with Crippen LogP contribution < -0.4 is 4.74 Å². The van der Waals surface area contributed by atoms with E-state index in [-0.39, 0.29) is 18.6 Å². The van der Waals surface area contributed by atoms with Crippen LogP contribution in [-0.4, -0.2) is 55.0 Å². The topological polar surface area (TPSA) is 32.8 Å². The largest absolute Gasteiger partial charge is 0.484 e. The van der Waals surface area contributed by atoms with Gasteiger partial charge in [0, 0.05) is 25.7 Å². The fourth-order valence-corrected chi connectivity index (χ4v) is 2.37. The molecule has 1 heterocycles. The second-order valence-corrected chi connectivity index (χ2v) is 5.30. The van der Waals surface area contributed by atoms with E-state index >= 15 is 0 Å². The molecule has 1 aliphatic rings. The van der Waals surface area contributed by atoms with Crippen molar-refractivity contribution in [1.29, 1.82) is 0 Å². The highest BCUT2D eigenvalue weighted by Gasteiger charge is 2.25. The van der Waals surface area contributed by atoms with Crippen LogP contribution in [-0.2, 0) is 4.79 Å². The van der Waals surface area contributed by atoms with E-state index in [9.17, 15) is 4.79 Å². The minimum Gasteiger partial charge on any atom is -0.484 e. The van der Waals surface area contributed by atoms with Crippen LogP contribution in [0.1, 0.15) is 12.5 Å². The summed E-state index contributed by atoms with van der Waals surface area (Å²) >= 11 is 0. The van der Waals surface area contributed by atoms with Gasteiger partial charge in [-0.1, -0.05) is 17.7 Å². The number of aryl methyl sites for hydroxylation is 1. The Morgan fingerprint density at radius 2 is 2.00 bits per heavy atom. The number of piperazine rings is 1. The monoisotopic (exact) mass is 262 g/mol. The van der Waals surface area contributed by atoms with Crippen molar-refractivity contribution in [3.8, 4) is 5.75 Å². The van der Waals surface area contributed by atoms with Crippen LogP contribution in [0.3, 0.4) is 0 Å². The molecule has 4 heteroatoms. The highest BCUT2D eigenvalue weighted by molar-refractivity contribution is 5.78. The average Bonchev–Trinajstić information content (AvgIpc) is 2.37. The van der Waals surface area contributed by atoms with Crippen molar-refractivity contribution in [3.05, 3.63) is 29.8 Å². The summed E-state index contributed by atoms with van der Waals surface area (Å²) in [5.41, 5.74) is 1.19. The summed E-state index contributed by atoms with van der Waals surface area (Å²) in [7, 11) is 2.08. The summed E-state index contributed by atoms with van der Waals surface area (Å²) in [5, 5.41) is 0. The third-order valence-corrected chi connectivity index (χ3v) is 3.53. The third-order valence-electron chi connectivity index (χ3n) is 3.53. The molecule has 0 aliphatic carbocycles. The minimum absolute atomic E-state index is 0.0705. The number of likely N-dealkylation sites (N-methyl/N-ethyl adjacent to an activating group) is 1. The molecular formula is C15H22N2O2. The van der Waals surface area contributed by atoms with Gasteiger partial charge < -0.3 is 14.5 Å². The minimum atomic E-state index is 0.0705. The lowest BCUT2D eigenvalue weighted by molar-refractivity contribution is -0.137. The molecule has 1 saturated heterocycles. The Morgan fingerprint density at radius 3 is 2.63 bits per heavy atom. The predicted molar refractivity (Wildman–Crippen MR) is 75.3 cm³/mol. The number of benzene rings is 1. The molecule has 0 saturated carbocycles. The lowest BCUT2D eigenvalue weighted by Gasteiger charge is -2.38. The van der Waals surface area contributed by atoms with Crippen LogP contribution in [0, 0.1) is 6.92 Å². The van der Waals surface area contributed by atoms with E-state index in [0.717, 1.165) is 25.4 Å². The van der Waals surface area contributed by atoms with Gasteiger partial charge in [-0.3, -0.25) is 4.79 Å². The van der Waals surface area contributed by atoms with Crippen molar-refractivity contribution in [2.75, 3.05) is 33.3 Å². The van der Waals surface area contributed by atoms with E-state index in [1.165, 1.54) is 5.56 Å². The molecule has 0 aromatic heterocycles. The van der Waals surface area contributed by atoms with Crippen LogP contribution in [0.5, 0.6) is 5.75 Å². The van der Waals surface area contributed by atoms with Crippen molar-refractivity contribution in [1.82, 2.24) is 9.80 Å². The van der Waals surface area contributed by atoms with E-state index < -0.39 is 0 Å². The molecule has 1 atom stereocenters. The average molecular weight is 262 g/mol. The number of carbonyl (C=O) groups is 1. The Balaban J connectivity index is 1.85. The summed E-state index contributed by atoms with van der Waals surface area (Å²) in [6.07, 6.45) is 0. The summed E-state index contributed by atoms with van der Waals surface area (Å²) in [6, 6.07) is 8.02. The fraction of sp³-hybridized carbons (Fsp3) is 0.533. The first-order valence-corrected chi connectivity index (χ1v) is 6.74. The number of amides is 1. The first-order chi connectivity index (χ1) is 9.06. The predicted octanol–water partition coefficient (Wildman–Crippen LogP) is 1.54. The summed E-state index contributed by atoms with van der Waals surface area (Å²) < 4.78 is 5.55. The Bertz CT molecular complexity index is 430. The molecule has 1 unspecified atom stereocenters. The molecule has 1 aromatic rings. The van der Waals surface area contributed by atoms with E-state index in [1.807, 2.05) is 36.1 Å². The van der Waals surface area contributed by atoms with E-state index in [2.05, 4.69) is 18.9 Å². The number of ether oxygens (including phenoxy) is 1. The van der Waals surface area contributed by atoms with Crippen LogP contribution in [0.2, 0.25) is 0 Å². The van der Waals surface area contributed by atoms with Crippen molar-refractivity contribution >= 4 is 5.91 Å². The van der Waals surface area contributed by atoms with E-state index in [4.69, 9.17) is 4.74 Å². The molecule has 1 fully saturated rings. The van der Waals surface area contributed by atoms with Crippen molar-refractivity contribution < 1.29 is 9.53 Å². The number of hydrogen-bond donors (Lipinski definition) is 0. The van der Waals surface area contributed by atoms with Crippen LogP contribution in [0.15, 0.2) is 24.3 Å². The molecule has 2 rings (SSSR count). The molecule has 0 spiro atoms. The molecule has 1 amide bonds. The Kier molecular flexibility index (Phi) is 4.43. The van der Waals surface area contributed by atoms with Gasteiger partial charge in [-0.25, -0.2) is 0 Å². The molecule has 0 N–H and O–H groups in total. The molecule has 4 nitrogen and oxygen atoms in total. The highest BCUT2D eigenvalue weighted by atomic mass is 16.5. The summed E-state index contributed by atoms with van der Waals surface area (Å²) in [4.78, 5) is 16.3. The standard InChI is InChI=1S/C15H22N2O2/c1-12-4-6-14(7-5-12)19-11-15(18)17-9-8-16(3)10-13(17)2/h4-7,13H,8-11H2,1-3H3. The third kappa shape index (κ3) is 3.70. The fourth-order valence-electron chi connectivity index (χ4n) is 2.37. The van der Waals surface area contributed by atoms with Gasteiger partial charge in [0.05, 0.1) is 0 Å². The van der Waals surface area contributed by atoms with Gasteiger partial charge in [0.25, 0.3) is 5.91 Å². The molecule has 0 radical (unpaired) electrons. The van der Waals surface area contributed by atoms with Gasteiger partial charge in [0.2, 0.25) is 0 Å². The SMILES string of the molecule is Cc1ccc(OCC(=O)N2CCN(C)CC2C)cc1. The first kappa shape index (κ1) is 13.9. The number of carbonyl (C=O) groups excluding carboxylic acids is 1. The number of rotatable bonds is 3. The van der Waals surface area contributed by atoms with E-state index in [0.29, 0.717) is 0 Å². The number of hydrogen-bond acceptors (Lipinski definition) is 3. The van der Waals surface area contributed by atoms with Crippen LogP contribution >= 0.6 is 0 Å². The Morgan fingerprint density at radius 1 is 1.32 bits per heavy atom. The second kappa shape index (κ2) is 6.06. The smallest absolute Gasteiger partial charge is 0.260 e. The quantitative estimate of drug-likeness (QED) is 0.828. The molecule has 0 bridgehead atoms. The molecule has 104 valence electrons. The lowest BCUT2D eigenvalue weighted by Crippen LogP contribution is -2.53. The zero-order chi connectivity index (χ0) is 13.8. The highest BCUT2D eigenvalue weighted by Crippen LogP contribution is 2.13. The van der Waals surface area contributed by atoms with Gasteiger partial charge in [-0.15, -0.1) is 0 Å². The van der Waals surface area contributed by atoms with Crippen molar-refractivity contribution in [3.63, 3.8) is 0 Å². The normalized spacial score (nSPS) is 20.4. The Labute approximate surface area is 115 Å². The van der Waals surface area contributed by atoms with Crippen LogP contribution in [0.25, 0.3) is 0 Å². The molecule has 1 aliphatic heterocycles. The lowest BCUT2D eigenvalue weighted by atomic mass is 10.2. The molecular weight excluding hydrogens is 240 g/mol. The maximum atomic E-state index is 12.1. The van der Waals surface area contributed by atoms with Crippen molar-refractivity contribution in [2.45, 2.75) is 19.9 Å². The van der Waals surface area contributed by atoms with Gasteiger partial charge in [0.1, 0.15) is 5.75 Å². The van der Waals surface area contributed by atoms with Gasteiger partial charge in [0.15, 0.2) is 6.61 Å². The van der Waals surface area contributed by atoms with Gasteiger partial charge in [-0.05, 0) is 33.0 Å². The maximum absolute atomic E-state index is 12.1.